The molecule has 0 fully saturated rings. The summed E-state index contributed by atoms with van der Waals surface area (Å²) in [5, 5.41) is 11.6. The normalized spacial score (nSPS) is 11.9. The standard InChI is InChI=1S/C11H14FNO3/c1-3-9(11(14)15)13-7-4-5-8(12)10(6-7)16-2/h4-6,9,13H,3H2,1-2H3,(H,14,15). The Bertz CT molecular complexity index is 381. The Labute approximate surface area is 93.0 Å². The van der Waals surface area contributed by atoms with Crippen molar-refractivity contribution in [2.75, 3.05) is 12.4 Å². The van der Waals surface area contributed by atoms with Gasteiger partial charge in [-0.15, -0.1) is 0 Å². The van der Waals surface area contributed by atoms with Gasteiger partial charge in [-0.2, -0.15) is 0 Å². The molecule has 1 rings (SSSR count). The number of anilines is 1. The summed E-state index contributed by atoms with van der Waals surface area (Å²) in [6.45, 7) is 1.76. The minimum atomic E-state index is -0.939. The van der Waals surface area contributed by atoms with E-state index in [0.717, 1.165) is 0 Å². The maximum atomic E-state index is 13.1. The fourth-order valence-corrected chi connectivity index (χ4v) is 1.29. The number of ether oxygens (including phenoxy) is 1. The van der Waals surface area contributed by atoms with Gasteiger partial charge in [-0.05, 0) is 18.6 Å². The monoisotopic (exact) mass is 227 g/mol. The third-order valence-corrected chi connectivity index (χ3v) is 2.20. The quantitative estimate of drug-likeness (QED) is 0.808. The Morgan fingerprint density at radius 3 is 2.81 bits per heavy atom. The van der Waals surface area contributed by atoms with Gasteiger partial charge >= 0.3 is 5.97 Å². The zero-order valence-corrected chi connectivity index (χ0v) is 9.16. The van der Waals surface area contributed by atoms with Crippen molar-refractivity contribution in [1.82, 2.24) is 0 Å². The number of carboxylic acids is 1. The van der Waals surface area contributed by atoms with Crippen LogP contribution < -0.4 is 10.1 Å². The van der Waals surface area contributed by atoms with E-state index in [9.17, 15) is 9.18 Å². The maximum absolute atomic E-state index is 13.1. The van der Waals surface area contributed by atoms with Gasteiger partial charge in [0.2, 0.25) is 0 Å². The Balaban J connectivity index is 2.84. The first-order chi connectivity index (χ1) is 7.58. The second kappa shape index (κ2) is 5.34. The number of aliphatic carboxylic acids is 1. The van der Waals surface area contributed by atoms with Crippen LogP contribution in [0.4, 0.5) is 10.1 Å². The van der Waals surface area contributed by atoms with E-state index in [-0.39, 0.29) is 5.75 Å². The molecule has 0 saturated carbocycles. The van der Waals surface area contributed by atoms with Gasteiger partial charge in [-0.3, -0.25) is 0 Å². The summed E-state index contributed by atoms with van der Waals surface area (Å²) in [6.07, 6.45) is 0.440. The van der Waals surface area contributed by atoms with Gasteiger partial charge in [-0.1, -0.05) is 6.92 Å². The molecule has 0 aliphatic heterocycles. The molecule has 16 heavy (non-hydrogen) atoms. The molecule has 0 amide bonds. The minimum absolute atomic E-state index is 0.0882. The van der Waals surface area contributed by atoms with Crippen LogP contribution >= 0.6 is 0 Å². The lowest BCUT2D eigenvalue weighted by molar-refractivity contribution is -0.137. The summed E-state index contributed by atoms with van der Waals surface area (Å²) in [5.41, 5.74) is 0.521. The molecule has 5 heteroatoms. The van der Waals surface area contributed by atoms with Gasteiger partial charge < -0.3 is 15.2 Å². The van der Waals surface area contributed by atoms with E-state index in [2.05, 4.69) is 5.32 Å². The number of benzene rings is 1. The number of methoxy groups -OCH3 is 1. The SMILES string of the molecule is CCC(Nc1ccc(F)c(OC)c1)C(=O)O. The molecule has 2 N–H and O–H groups in total. The molecule has 0 aliphatic rings. The fraction of sp³-hybridized carbons (Fsp3) is 0.364. The molecule has 0 heterocycles. The summed E-state index contributed by atoms with van der Waals surface area (Å²) >= 11 is 0. The molecule has 0 aliphatic carbocycles. The molecular weight excluding hydrogens is 213 g/mol. The highest BCUT2D eigenvalue weighted by atomic mass is 19.1. The van der Waals surface area contributed by atoms with Crippen molar-refractivity contribution in [3.05, 3.63) is 24.0 Å². The summed E-state index contributed by atoms with van der Waals surface area (Å²) in [7, 11) is 1.36. The van der Waals surface area contributed by atoms with Crippen molar-refractivity contribution in [1.29, 1.82) is 0 Å². The van der Waals surface area contributed by atoms with Crippen LogP contribution in [0.15, 0.2) is 18.2 Å². The van der Waals surface area contributed by atoms with Gasteiger partial charge in [0.1, 0.15) is 6.04 Å². The lowest BCUT2D eigenvalue weighted by Crippen LogP contribution is -2.28. The van der Waals surface area contributed by atoms with Crippen molar-refractivity contribution in [2.45, 2.75) is 19.4 Å². The topological polar surface area (TPSA) is 58.6 Å². The fourth-order valence-electron chi connectivity index (χ4n) is 1.29. The second-order valence-electron chi connectivity index (χ2n) is 3.29. The van der Waals surface area contributed by atoms with Crippen molar-refractivity contribution in [3.63, 3.8) is 0 Å². The van der Waals surface area contributed by atoms with Crippen LogP contribution in [0.2, 0.25) is 0 Å². The minimum Gasteiger partial charge on any atom is -0.494 e. The summed E-state index contributed by atoms with van der Waals surface area (Å²) in [6, 6.07) is 3.45. The first-order valence-electron chi connectivity index (χ1n) is 4.91. The molecule has 1 aromatic rings. The zero-order valence-electron chi connectivity index (χ0n) is 9.16. The van der Waals surface area contributed by atoms with Crippen molar-refractivity contribution < 1.29 is 19.0 Å². The summed E-state index contributed by atoms with van der Waals surface area (Å²) in [4.78, 5) is 10.8. The second-order valence-corrected chi connectivity index (χ2v) is 3.29. The Morgan fingerprint density at radius 1 is 1.62 bits per heavy atom. The predicted molar refractivity (Wildman–Crippen MR) is 58.3 cm³/mol. The van der Waals surface area contributed by atoms with Gasteiger partial charge in [0.15, 0.2) is 11.6 Å². The van der Waals surface area contributed by atoms with Crippen LogP contribution in [0.25, 0.3) is 0 Å². The first kappa shape index (κ1) is 12.3. The van der Waals surface area contributed by atoms with Crippen LogP contribution in [0.3, 0.4) is 0 Å². The van der Waals surface area contributed by atoms with Crippen molar-refractivity contribution in [2.24, 2.45) is 0 Å². The van der Waals surface area contributed by atoms with E-state index in [0.29, 0.717) is 12.1 Å². The molecule has 0 spiro atoms. The number of nitrogens with one attached hydrogen (secondary N) is 1. The smallest absolute Gasteiger partial charge is 0.326 e. The Morgan fingerprint density at radius 2 is 2.31 bits per heavy atom. The predicted octanol–water partition coefficient (Wildman–Crippen LogP) is 2.11. The van der Waals surface area contributed by atoms with Crippen LogP contribution in [0.5, 0.6) is 5.75 Å². The molecule has 1 atom stereocenters. The van der Waals surface area contributed by atoms with E-state index < -0.39 is 17.8 Å². The molecule has 1 unspecified atom stereocenters. The van der Waals surface area contributed by atoms with Gasteiger partial charge in [0, 0.05) is 11.8 Å². The van der Waals surface area contributed by atoms with E-state index in [1.165, 1.54) is 25.3 Å². The highest BCUT2D eigenvalue weighted by molar-refractivity contribution is 5.77. The molecule has 4 nitrogen and oxygen atoms in total. The number of hydrogen-bond acceptors (Lipinski definition) is 3. The Hall–Kier alpha value is -1.78. The summed E-state index contributed by atoms with van der Waals surface area (Å²) in [5.74, 6) is -1.33. The summed E-state index contributed by atoms with van der Waals surface area (Å²) < 4.78 is 17.9. The van der Waals surface area contributed by atoms with Gasteiger partial charge in [0.05, 0.1) is 7.11 Å². The van der Waals surface area contributed by atoms with E-state index in [1.807, 2.05) is 0 Å². The molecule has 88 valence electrons. The zero-order chi connectivity index (χ0) is 12.1. The number of hydrogen-bond donors (Lipinski definition) is 2. The van der Waals surface area contributed by atoms with Crippen molar-refractivity contribution in [3.8, 4) is 5.75 Å². The van der Waals surface area contributed by atoms with Gasteiger partial charge in [0.25, 0.3) is 0 Å². The Kier molecular flexibility index (Phi) is 4.10. The molecule has 0 bridgehead atoms. The highest BCUT2D eigenvalue weighted by Crippen LogP contribution is 2.22. The molecule has 0 saturated heterocycles. The average Bonchev–Trinajstić information content (AvgIpc) is 2.27. The van der Waals surface area contributed by atoms with E-state index in [1.54, 1.807) is 6.92 Å². The van der Waals surface area contributed by atoms with E-state index >= 15 is 0 Å². The van der Waals surface area contributed by atoms with E-state index in [4.69, 9.17) is 9.84 Å². The molecule has 0 radical (unpaired) electrons. The average molecular weight is 227 g/mol. The third-order valence-electron chi connectivity index (χ3n) is 2.20. The van der Waals surface area contributed by atoms with Crippen LogP contribution in [-0.2, 0) is 4.79 Å². The first-order valence-corrected chi connectivity index (χ1v) is 4.91. The van der Waals surface area contributed by atoms with Crippen LogP contribution in [0, 0.1) is 5.82 Å². The number of carboxylic acid groups (broad SMARTS) is 1. The highest BCUT2D eigenvalue weighted by Gasteiger charge is 2.15. The number of halogens is 1. The molecular formula is C11H14FNO3. The molecule has 0 aromatic heterocycles. The number of rotatable bonds is 5. The largest absolute Gasteiger partial charge is 0.494 e. The molecule has 1 aromatic carbocycles. The van der Waals surface area contributed by atoms with Crippen molar-refractivity contribution >= 4 is 11.7 Å². The van der Waals surface area contributed by atoms with Crippen LogP contribution in [-0.4, -0.2) is 24.2 Å². The maximum Gasteiger partial charge on any atom is 0.326 e. The lowest BCUT2D eigenvalue weighted by atomic mass is 10.2. The van der Waals surface area contributed by atoms with Crippen LogP contribution in [0.1, 0.15) is 13.3 Å². The third kappa shape index (κ3) is 2.85. The lowest BCUT2D eigenvalue weighted by Gasteiger charge is -2.14. The number of carbonyl (C=O) groups is 1. The van der Waals surface area contributed by atoms with Gasteiger partial charge in [-0.25, -0.2) is 9.18 Å².